The molecule has 0 aliphatic carbocycles. The first-order valence-corrected chi connectivity index (χ1v) is 7.29. The fraction of sp³-hybridized carbons (Fsp3) is 0.625. The van der Waals surface area contributed by atoms with Gasteiger partial charge in [-0.15, -0.1) is 0 Å². The van der Waals surface area contributed by atoms with E-state index in [1.807, 2.05) is 0 Å². The number of hydrogen-bond donors (Lipinski definition) is 1. The summed E-state index contributed by atoms with van der Waals surface area (Å²) in [6.07, 6.45) is 3.63. The van der Waals surface area contributed by atoms with Gasteiger partial charge in [0.25, 0.3) is 0 Å². The van der Waals surface area contributed by atoms with Crippen molar-refractivity contribution in [3.8, 4) is 0 Å². The minimum absolute atomic E-state index is 0.356. The third-order valence-corrected chi connectivity index (χ3v) is 4.37. The molecule has 0 radical (unpaired) electrons. The zero-order valence-corrected chi connectivity index (χ0v) is 11.8. The van der Waals surface area contributed by atoms with Crippen LogP contribution in [0.1, 0.15) is 32.3 Å². The van der Waals surface area contributed by atoms with Gasteiger partial charge in [0.1, 0.15) is 0 Å². The molecular formula is C16H26N2. The van der Waals surface area contributed by atoms with Gasteiger partial charge in [-0.25, -0.2) is 0 Å². The molecule has 2 rings (SSSR count). The second-order valence-electron chi connectivity index (χ2n) is 5.43. The van der Waals surface area contributed by atoms with Crippen molar-refractivity contribution in [1.29, 1.82) is 0 Å². The molecule has 0 bridgehead atoms. The third-order valence-electron chi connectivity index (χ3n) is 4.37. The second-order valence-corrected chi connectivity index (χ2v) is 5.43. The van der Waals surface area contributed by atoms with Gasteiger partial charge in [-0.3, -0.25) is 4.90 Å². The van der Waals surface area contributed by atoms with Crippen LogP contribution >= 0.6 is 0 Å². The predicted octanol–water partition coefficient (Wildman–Crippen LogP) is 2.69. The van der Waals surface area contributed by atoms with Crippen molar-refractivity contribution < 1.29 is 0 Å². The van der Waals surface area contributed by atoms with E-state index >= 15 is 0 Å². The molecule has 0 saturated carbocycles. The molecule has 2 heteroatoms. The standard InChI is InChI=1S/C16H26N2/c1-3-16(4-2)14-18(13-11-17-16)12-10-15-8-6-5-7-9-15/h5-9,17H,3-4,10-14H2,1-2H3. The Kier molecular flexibility index (Phi) is 4.79. The maximum absolute atomic E-state index is 3.72. The van der Waals surface area contributed by atoms with Crippen LogP contribution in [0.4, 0.5) is 0 Å². The van der Waals surface area contributed by atoms with Crippen molar-refractivity contribution in [2.24, 2.45) is 0 Å². The number of benzene rings is 1. The fourth-order valence-corrected chi connectivity index (χ4v) is 2.89. The molecule has 1 N–H and O–H groups in total. The first kappa shape index (κ1) is 13.6. The van der Waals surface area contributed by atoms with Crippen LogP contribution in [0, 0.1) is 0 Å². The summed E-state index contributed by atoms with van der Waals surface area (Å²) in [7, 11) is 0. The first-order chi connectivity index (χ1) is 8.78. The van der Waals surface area contributed by atoms with Gasteiger partial charge >= 0.3 is 0 Å². The normalized spacial score (nSPS) is 19.9. The van der Waals surface area contributed by atoms with Crippen LogP contribution in [0.2, 0.25) is 0 Å². The number of hydrogen-bond acceptors (Lipinski definition) is 2. The largest absolute Gasteiger partial charge is 0.309 e. The van der Waals surface area contributed by atoms with Crippen LogP contribution in [0.25, 0.3) is 0 Å². The summed E-state index contributed by atoms with van der Waals surface area (Å²) in [5.74, 6) is 0. The van der Waals surface area contributed by atoms with E-state index in [1.165, 1.54) is 44.5 Å². The summed E-state index contributed by atoms with van der Waals surface area (Å²) >= 11 is 0. The molecule has 1 aromatic rings. The molecule has 1 aliphatic rings. The van der Waals surface area contributed by atoms with E-state index in [2.05, 4.69) is 54.4 Å². The zero-order chi connectivity index (χ0) is 12.8. The van der Waals surface area contributed by atoms with Gasteiger partial charge in [0.05, 0.1) is 0 Å². The Labute approximate surface area is 111 Å². The van der Waals surface area contributed by atoms with E-state index in [0.717, 1.165) is 6.54 Å². The lowest BCUT2D eigenvalue weighted by Gasteiger charge is -2.43. The lowest BCUT2D eigenvalue weighted by atomic mass is 9.90. The third kappa shape index (κ3) is 3.33. The quantitative estimate of drug-likeness (QED) is 0.859. The minimum atomic E-state index is 0.356. The Hall–Kier alpha value is -0.860. The Morgan fingerprint density at radius 3 is 2.56 bits per heavy atom. The lowest BCUT2D eigenvalue weighted by molar-refractivity contribution is 0.125. The van der Waals surface area contributed by atoms with E-state index in [9.17, 15) is 0 Å². The highest BCUT2D eigenvalue weighted by molar-refractivity contribution is 5.15. The zero-order valence-electron chi connectivity index (χ0n) is 11.8. The van der Waals surface area contributed by atoms with E-state index in [0.29, 0.717) is 5.54 Å². The van der Waals surface area contributed by atoms with E-state index in [4.69, 9.17) is 0 Å². The molecule has 0 amide bonds. The van der Waals surface area contributed by atoms with Crippen molar-refractivity contribution in [1.82, 2.24) is 10.2 Å². The van der Waals surface area contributed by atoms with Crippen LogP contribution in [-0.2, 0) is 6.42 Å². The van der Waals surface area contributed by atoms with E-state index in [1.54, 1.807) is 0 Å². The van der Waals surface area contributed by atoms with Crippen molar-refractivity contribution in [3.63, 3.8) is 0 Å². The van der Waals surface area contributed by atoms with Gasteiger partial charge in [0.2, 0.25) is 0 Å². The number of piperazine rings is 1. The molecule has 1 aliphatic heterocycles. The van der Waals surface area contributed by atoms with Gasteiger partial charge in [-0.05, 0) is 24.8 Å². The van der Waals surface area contributed by atoms with Crippen LogP contribution in [0.5, 0.6) is 0 Å². The molecule has 1 aromatic carbocycles. The molecule has 1 fully saturated rings. The highest BCUT2D eigenvalue weighted by atomic mass is 15.2. The highest BCUT2D eigenvalue weighted by Gasteiger charge is 2.31. The maximum atomic E-state index is 3.72. The molecule has 1 saturated heterocycles. The number of nitrogens with zero attached hydrogens (tertiary/aromatic N) is 1. The van der Waals surface area contributed by atoms with Crippen LogP contribution in [0.15, 0.2) is 30.3 Å². The van der Waals surface area contributed by atoms with Gasteiger partial charge in [-0.2, -0.15) is 0 Å². The molecular weight excluding hydrogens is 220 g/mol. The van der Waals surface area contributed by atoms with Gasteiger partial charge in [-0.1, -0.05) is 44.2 Å². The smallest absolute Gasteiger partial charge is 0.0304 e. The molecule has 0 atom stereocenters. The second kappa shape index (κ2) is 6.35. The molecule has 0 unspecified atom stereocenters. The Morgan fingerprint density at radius 2 is 1.89 bits per heavy atom. The molecule has 2 nitrogen and oxygen atoms in total. The Morgan fingerprint density at radius 1 is 1.17 bits per heavy atom. The minimum Gasteiger partial charge on any atom is -0.309 e. The van der Waals surface area contributed by atoms with Crippen molar-refractivity contribution in [2.75, 3.05) is 26.2 Å². The summed E-state index contributed by atoms with van der Waals surface area (Å²) in [6.45, 7) is 9.32. The van der Waals surface area contributed by atoms with Gasteiger partial charge < -0.3 is 5.32 Å². The predicted molar refractivity (Wildman–Crippen MR) is 77.9 cm³/mol. The van der Waals surface area contributed by atoms with Crippen LogP contribution in [0.3, 0.4) is 0 Å². The Bertz CT molecular complexity index is 343. The molecule has 18 heavy (non-hydrogen) atoms. The average molecular weight is 246 g/mol. The molecule has 1 heterocycles. The van der Waals surface area contributed by atoms with Crippen LogP contribution in [-0.4, -0.2) is 36.6 Å². The topological polar surface area (TPSA) is 15.3 Å². The first-order valence-electron chi connectivity index (χ1n) is 7.29. The summed E-state index contributed by atoms with van der Waals surface area (Å²) in [5.41, 5.74) is 1.81. The SMILES string of the molecule is CCC1(CC)CN(CCc2ccccc2)CCN1. The van der Waals surface area contributed by atoms with Crippen molar-refractivity contribution in [2.45, 2.75) is 38.6 Å². The summed E-state index contributed by atoms with van der Waals surface area (Å²) in [5, 5.41) is 3.72. The number of rotatable bonds is 5. The summed E-state index contributed by atoms with van der Waals surface area (Å²) in [6, 6.07) is 10.8. The monoisotopic (exact) mass is 246 g/mol. The van der Waals surface area contributed by atoms with E-state index < -0.39 is 0 Å². The van der Waals surface area contributed by atoms with Crippen molar-refractivity contribution in [3.05, 3.63) is 35.9 Å². The number of nitrogens with one attached hydrogen (secondary N) is 1. The summed E-state index contributed by atoms with van der Waals surface area (Å²) < 4.78 is 0. The Balaban J connectivity index is 1.86. The fourth-order valence-electron chi connectivity index (χ4n) is 2.89. The molecule has 0 spiro atoms. The highest BCUT2D eigenvalue weighted by Crippen LogP contribution is 2.20. The van der Waals surface area contributed by atoms with E-state index in [-0.39, 0.29) is 0 Å². The summed E-state index contributed by atoms with van der Waals surface area (Å²) in [4.78, 5) is 2.62. The average Bonchev–Trinajstić information content (AvgIpc) is 2.46. The maximum Gasteiger partial charge on any atom is 0.0304 e. The van der Waals surface area contributed by atoms with Gasteiger partial charge in [0.15, 0.2) is 0 Å². The lowest BCUT2D eigenvalue weighted by Crippen LogP contribution is -2.60. The van der Waals surface area contributed by atoms with Crippen molar-refractivity contribution >= 4 is 0 Å². The molecule has 0 aromatic heterocycles. The van der Waals surface area contributed by atoms with Gasteiger partial charge in [0, 0.05) is 31.7 Å². The molecule has 100 valence electrons. The van der Waals surface area contributed by atoms with Crippen LogP contribution < -0.4 is 5.32 Å².